The number of hydrogen-bond donors (Lipinski definition) is 1. The van der Waals surface area contributed by atoms with E-state index in [-0.39, 0.29) is 0 Å². The first-order valence-corrected chi connectivity index (χ1v) is 8.18. The highest BCUT2D eigenvalue weighted by atomic mass is 35.5. The predicted molar refractivity (Wildman–Crippen MR) is 93.0 cm³/mol. The Balaban J connectivity index is 2.47. The second kappa shape index (κ2) is 7.63. The lowest BCUT2D eigenvalue weighted by Crippen LogP contribution is -2.12. The maximum absolute atomic E-state index is 6.21. The Morgan fingerprint density at radius 1 is 0.857 bits per heavy atom. The first-order chi connectivity index (χ1) is 10.2. The van der Waals surface area contributed by atoms with E-state index in [0.29, 0.717) is 0 Å². The zero-order valence-electron chi connectivity index (χ0n) is 13.2. The molecule has 0 spiro atoms. The van der Waals surface area contributed by atoms with Crippen LogP contribution in [0.3, 0.4) is 0 Å². The third-order valence-corrected chi connectivity index (χ3v) is 4.15. The molecule has 0 aliphatic rings. The summed E-state index contributed by atoms with van der Waals surface area (Å²) in [7, 11) is 0. The van der Waals surface area contributed by atoms with Gasteiger partial charge in [-0.3, -0.25) is 0 Å². The maximum atomic E-state index is 6.21. The molecule has 0 amide bonds. The van der Waals surface area contributed by atoms with Crippen LogP contribution in [0.4, 0.5) is 0 Å². The highest BCUT2D eigenvalue weighted by molar-refractivity contribution is 6.30. The van der Waals surface area contributed by atoms with Crippen LogP contribution in [0.2, 0.25) is 5.02 Å². The summed E-state index contributed by atoms with van der Waals surface area (Å²) in [5.74, 6) is 0. The molecule has 0 atom stereocenters. The molecule has 0 aliphatic heterocycles. The van der Waals surface area contributed by atoms with E-state index in [2.05, 4.69) is 56.4 Å². The third kappa shape index (κ3) is 3.87. The fraction of sp³-hybridized carbons (Fsp3) is 0.368. The van der Waals surface area contributed by atoms with Gasteiger partial charge in [-0.15, -0.1) is 0 Å². The van der Waals surface area contributed by atoms with Gasteiger partial charge in [-0.05, 0) is 59.3 Å². The van der Waals surface area contributed by atoms with E-state index >= 15 is 0 Å². The second-order valence-electron chi connectivity index (χ2n) is 5.27. The first kappa shape index (κ1) is 16.1. The molecule has 0 aliphatic carbocycles. The fourth-order valence-corrected chi connectivity index (χ4v) is 2.87. The zero-order valence-corrected chi connectivity index (χ0v) is 13.9. The van der Waals surface area contributed by atoms with Crippen LogP contribution in [0.25, 0.3) is 11.1 Å². The molecule has 2 heteroatoms. The zero-order chi connectivity index (χ0) is 15.2. The van der Waals surface area contributed by atoms with Gasteiger partial charge >= 0.3 is 0 Å². The molecule has 0 unspecified atom stereocenters. The minimum Gasteiger partial charge on any atom is -0.313 e. The summed E-state index contributed by atoms with van der Waals surface area (Å²) in [6.45, 7) is 8.40. The first-order valence-electron chi connectivity index (χ1n) is 7.80. The summed E-state index contributed by atoms with van der Waals surface area (Å²) >= 11 is 6.21. The Bertz CT molecular complexity index is 605. The molecular weight excluding hydrogens is 278 g/mol. The number of rotatable bonds is 6. The molecule has 2 aromatic carbocycles. The molecular formula is C19H24ClN. The lowest BCUT2D eigenvalue weighted by molar-refractivity contribution is 0.728. The molecule has 0 heterocycles. The summed E-state index contributed by atoms with van der Waals surface area (Å²) in [6.07, 6.45) is 2.16. The molecule has 0 bridgehead atoms. The van der Waals surface area contributed by atoms with Crippen LogP contribution in [0.1, 0.15) is 37.5 Å². The van der Waals surface area contributed by atoms with Crippen molar-refractivity contribution in [2.24, 2.45) is 0 Å². The van der Waals surface area contributed by atoms with Gasteiger partial charge in [-0.25, -0.2) is 0 Å². The highest BCUT2D eigenvalue weighted by Gasteiger charge is 2.08. The van der Waals surface area contributed by atoms with Crippen molar-refractivity contribution >= 4 is 11.6 Å². The van der Waals surface area contributed by atoms with E-state index in [1.165, 1.54) is 27.8 Å². The van der Waals surface area contributed by atoms with E-state index in [1.54, 1.807) is 0 Å². The molecule has 21 heavy (non-hydrogen) atoms. The quantitative estimate of drug-likeness (QED) is 0.769. The van der Waals surface area contributed by atoms with E-state index in [0.717, 1.165) is 31.0 Å². The van der Waals surface area contributed by atoms with Gasteiger partial charge < -0.3 is 5.32 Å². The van der Waals surface area contributed by atoms with Gasteiger partial charge in [0.1, 0.15) is 0 Å². The summed E-state index contributed by atoms with van der Waals surface area (Å²) in [5.41, 5.74) is 6.67. The van der Waals surface area contributed by atoms with Gasteiger partial charge in [0, 0.05) is 11.6 Å². The standard InChI is InChI=1S/C19H24ClN/c1-4-14-7-8-16(11-15(14)5-2)19-12-18(20)10-9-17(19)13-21-6-3/h7-12,21H,4-6,13H2,1-3H3. The average molecular weight is 302 g/mol. The molecule has 0 radical (unpaired) electrons. The number of halogens is 1. The topological polar surface area (TPSA) is 12.0 Å². The maximum Gasteiger partial charge on any atom is 0.0412 e. The Kier molecular flexibility index (Phi) is 5.84. The molecule has 2 aromatic rings. The van der Waals surface area contributed by atoms with Crippen molar-refractivity contribution < 1.29 is 0 Å². The van der Waals surface area contributed by atoms with Crippen molar-refractivity contribution in [2.45, 2.75) is 40.2 Å². The van der Waals surface area contributed by atoms with E-state index in [9.17, 15) is 0 Å². The lowest BCUT2D eigenvalue weighted by Gasteiger charge is -2.14. The number of nitrogens with one attached hydrogen (secondary N) is 1. The Morgan fingerprint density at radius 3 is 2.24 bits per heavy atom. The molecule has 1 nitrogen and oxygen atoms in total. The van der Waals surface area contributed by atoms with Gasteiger partial charge in [0.05, 0.1) is 0 Å². The number of aryl methyl sites for hydroxylation is 2. The van der Waals surface area contributed by atoms with Crippen molar-refractivity contribution in [3.8, 4) is 11.1 Å². The summed E-state index contributed by atoms with van der Waals surface area (Å²) in [4.78, 5) is 0. The second-order valence-corrected chi connectivity index (χ2v) is 5.71. The third-order valence-electron chi connectivity index (χ3n) is 3.92. The molecule has 0 aromatic heterocycles. The van der Waals surface area contributed by atoms with Gasteiger partial charge in [-0.2, -0.15) is 0 Å². The van der Waals surface area contributed by atoms with Gasteiger partial charge in [0.25, 0.3) is 0 Å². The van der Waals surface area contributed by atoms with E-state index in [1.807, 2.05) is 6.07 Å². The number of benzene rings is 2. The molecule has 0 fully saturated rings. The largest absolute Gasteiger partial charge is 0.313 e. The predicted octanol–water partition coefficient (Wildman–Crippen LogP) is 5.24. The van der Waals surface area contributed by atoms with Crippen LogP contribution < -0.4 is 5.32 Å². The van der Waals surface area contributed by atoms with Crippen molar-refractivity contribution in [2.75, 3.05) is 6.54 Å². The summed E-state index contributed by atoms with van der Waals surface area (Å²) in [6, 6.07) is 13.0. The molecule has 0 saturated carbocycles. The smallest absolute Gasteiger partial charge is 0.0412 e. The van der Waals surface area contributed by atoms with Crippen LogP contribution >= 0.6 is 11.6 Å². The minimum atomic E-state index is 0.794. The Morgan fingerprint density at radius 2 is 1.57 bits per heavy atom. The van der Waals surface area contributed by atoms with E-state index < -0.39 is 0 Å². The molecule has 0 saturated heterocycles. The SMILES string of the molecule is CCNCc1ccc(Cl)cc1-c1ccc(CC)c(CC)c1. The highest BCUT2D eigenvalue weighted by Crippen LogP contribution is 2.29. The van der Waals surface area contributed by atoms with Crippen LogP contribution in [-0.2, 0) is 19.4 Å². The van der Waals surface area contributed by atoms with Crippen LogP contribution in [0.5, 0.6) is 0 Å². The van der Waals surface area contributed by atoms with Crippen LogP contribution in [-0.4, -0.2) is 6.54 Å². The molecule has 112 valence electrons. The normalized spacial score (nSPS) is 10.9. The molecule has 1 N–H and O–H groups in total. The van der Waals surface area contributed by atoms with Crippen molar-refractivity contribution in [3.05, 3.63) is 58.1 Å². The number of hydrogen-bond acceptors (Lipinski definition) is 1. The Labute approximate surface area is 133 Å². The van der Waals surface area contributed by atoms with Crippen LogP contribution in [0.15, 0.2) is 36.4 Å². The van der Waals surface area contributed by atoms with Crippen LogP contribution in [0, 0.1) is 0 Å². The summed E-state index contributed by atoms with van der Waals surface area (Å²) < 4.78 is 0. The average Bonchev–Trinajstić information content (AvgIpc) is 2.53. The minimum absolute atomic E-state index is 0.794. The fourth-order valence-electron chi connectivity index (χ4n) is 2.70. The van der Waals surface area contributed by atoms with Gasteiger partial charge in [0.2, 0.25) is 0 Å². The van der Waals surface area contributed by atoms with Crippen molar-refractivity contribution in [3.63, 3.8) is 0 Å². The van der Waals surface area contributed by atoms with Gasteiger partial charge in [-0.1, -0.05) is 56.6 Å². The van der Waals surface area contributed by atoms with Gasteiger partial charge in [0.15, 0.2) is 0 Å². The summed E-state index contributed by atoms with van der Waals surface area (Å²) in [5, 5.41) is 4.20. The van der Waals surface area contributed by atoms with E-state index in [4.69, 9.17) is 11.6 Å². The Hall–Kier alpha value is -1.31. The monoisotopic (exact) mass is 301 g/mol. The van der Waals surface area contributed by atoms with Crippen molar-refractivity contribution in [1.29, 1.82) is 0 Å². The molecule has 2 rings (SSSR count). The van der Waals surface area contributed by atoms with Crippen molar-refractivity contribution in [1.82, 2.24) is 5.32 Å². The lowest BCUT2D eigenvalue weighted by atomic mass is 9.94.